The Labute approximate surface area is 103 Å². The summed E-state index contributed by atoms with van der Waals surface area (Å²) in [6.45, 7) is 0.575. The second-order valence-electron chi connectivity index (χ2n) is 3.95. The third-order valence-electron chi connectivity index (χ3n) is 2.55. The van der Waals surface area contributed by atoms with Crippen molar-refractivity contribution in [3.63, 3.8) is 0 Å². The molecule has 0 spiro atoms. The molecule has 2 rings (SSSR count). The van der Waals surface area contributed by atoms with Crippen molar-refractivity contribution in [3.05, 3.63) is 34.5 Å². The van der Waals surface area contributed by atoms with E-state index in [2.05, 4.69) is 0 Å². The molecule has 1 amide bonds. The van der Waals surface area contributed by atoms with Gasteiger partial charge in [-0.25, -0.2) is 4.79 Å². The van der Waals surface area contributed by atoms with Gasteiger partial charge in [-0.2, -0.15) is 0 Å². The second kappa shape index (κ2) is 5.14. The fourth-order valence-electron chi connectivity index (χ4n) is 1.58. The van der Waals surface area contributed by atoms with Crippen molar-refractivity contribution >= 4 is 23.2 Å². The summed E-state index contributed by atoms with van der Waals surface area (Å²) in [6, 6.07) is 4.21. The van der Waals surface area contributed by atoms with Crippen molar-refractivity contribution in [1.29, 1.82) is 0 Å². The predicted octanol–water partition coefficient (Wildman–Crippen LogP) is 1.88. The van der Waals surface area contributed by atoms with E-state index >= 15 is 0 Å². The van der Waals surface area contributed by atoms with Crippen molar-refractivity contribution in [2.24, 2.45) is 0 Å². The summed E-state index contributed by atoms with van der Waals surface area (Å²) < 4.78 is 0. The molecule has 17 heavy (non-hydrogen) atoms. The van der Waals surface area contributed by atoms with Gasteiger partial charge in [0.1, 0.15) is 0 Å². The number of aliphatic carboxylic acids is 1. The lowest BCUT2D eigenvalue weighted by atomic mass is 10.3. The van der Waals surface area contributed by atoms with E-state index in [1.54, 1.807) is 16.2 Å². The van der Waals surface area contributed by atoms with E-state index in [1.807, 2.05) is 17.5 Å². The van der Waals surface area contributed by atoms with Crippen LogP contribution in [0, 0.1) is 0 Å². The Morgan fingerprint density at radius 2 is 2.24 bits per heavy atom. The quantitative estimate of drug-likeness (QED) is 0.813. The van der Waals surface area contributed by atoms with E-state index in [-0.39, 0.29) is 11.9 Å². The van der Waals surface area contributed by atoms with E-state index in [0.717, 1.165) is 29.9 Å². The number of carbonyl (C=O) groups is 2. The number of thiophene rings is 1. The maximum absolute atomic E-state index is 11.8. The highest BCUT2D eigenvalue weighted by Gasteiger charge is 2.31. The minimum absolute atomic E-state index is 0.219. The Balaban J connectivity index is 2.02. The highest BCUT2D eigenvalue weighted by Crippen LogP contribution is 2.29. The number of carboxylic acid groups (broad SMARTS) is 1. The van der Waals surface area contributed by atoms with Gasteiger partial charge in [-0.1, -0.05) is 6.07 Å². The van der Waals surface area contributed by atoms with Crippen LogP contribution in [0.1, 0.15) is 17.7 Å². The molecule has 0 bridgehead atoms. The molecule has 0 saturated heterocycles. The summed E-state index contributed by atoms with van der Waals surface area (Å²) in [4.78, 5) is 25.1. The van der Waals surface area contributed by atoms with Crippen molar-refractivity contribution in [1.82, 2.24) is 4.90 Å². The monoisotopic (exact) mass is 251 g/mol. The zero-order chi connectivity index (χ0) is 12.3. The first-order valence-electron chi connectivity index (χ1n) is 5.41. The summed E-state index contributed by atoms with van der Waals surface area (Å²) in [5, 5.41) is 10.5. The summed E-state index contributed by atoms with van der Waals surface area (Å²) >= 11 is 1.60. The summed E-state index contributed by atoms with van der Waals surface area (Å²) in [6.07, 6.45) is 4.05. The molecule has 0 radical (unpaired) electrons. The highest BCUT2D eigenvalue weighted by atomic mass is 32.1. The number of amides is 1. The molecule has 1 heterocycles. The molecule has 1 aliphatic carbocycles. The maximum Gasteiger partial charge on any atom is 0.328 e. The van der Waals surface area contributed by atoms with Crippen LogP contribution in [0.15, 0.2) is 29.7 Å². The van der Waals surface area contributed by atoms with Crippen molar-refractivity contribution in [2.75, 3.05) is 0 Å². The van der Waals surface area contributed by atoms with E-state index < -0.39 is 5.97 Å². The van der Waals surface area contributed by atoms with Crippen molar-refractivity contribution in [2.45, 2.75) is 25.4 Å². The Bertz CT molecular complexity index is 435. The van der Waals surface area contributed by atoms with Crippen LogP contribution >= 0.6 is 11.3 Å². The van der Waals surface area contributed by atoms with Gasteiger partial charge in [0, 0.05) is 23.1 Å². The van der Waals surface area contributed by atoms with Gasteiger partial charge in [0.2, 0.25) is 5.91 Å². The average molecular weight is 251 g/mol. The lowest BCUT2D eigenvalue weighted by molar-refractivity contribution is -0.132. The summed E-state index contributed by atoms with van der Waals surface area (Å²) in [7, 11) is 0. The number of hydrogen-bond donors (Lipinski definition) is 1. The Morgan fingerprint density at radius 1 is 1.47 bits per heavy atom. The van der Waals surface area contributed by atoms with Crippen molar-refractivity contribution < 1.29 is 14.7 Å². The molecule has 1 aromatic heterocycles. The van der Waals surface area contributed by atoms with Gasteiger partial charge in [0.25, 0.3) is 0 Å². The predicted molar refractivity (Wildman–Crippen MR) is 64.7 cm³/mol. The van der Waals surface area contributed by atoms with Crippen LogP contribution in [-0.2, 0) is 16.1 Å². The molecule has 1 fully saturated rings. The molecule has 90 valence electrons. The maximum atomic E-state index is 11.8. The minimum Gasteiger partial charge on any atom is -0.478 e. The molecule has 5 heteroatoms. The molecule has 1 N–H and O–H groups in total. The topological polar surface area (TPSA) is 57.6 Å². The molecular weight excluding hydrogens is 238 g/mol. The van der Waals surface area contributed by atoms with Crippen LogP contribution in [0.5, 0.6) is 0 Å². The van der Waals surface area contributed by atoms with Crippen LogP contribution in [0.4, 0.5) is 0 Å². The van der Waals surface area contributed by atoms with Crippen LogP contribution in [0.3, 0.4) is 0 Å². The van der Waals surface area contributed by atoms with Gasteiger partial charge in [-0.15, -0.1) is 11.3 Å². The first-order valence-corrected chi connectivity index (χ1v) is 6.29. The molecule has 4 nitrogen and oxygen atoms in total. The molecule has 1 aliphatic rings. The Morgan fingerprint density at radius 3 is 2.76 bits per heavy atom. The number of carbonyl (C=O) groups excluding carboxylic acids is 1. The molecule has 0 unspecified atom stereocenters. The largest absolute Gasteiger partial charge is 0.478 e. The average Bonchev–Trinajstić information content (AvgIpc) is 3.00. The van der Waals surface area contributed by atoms with Crippen LogP contribution in [0.2, 0.25) is 0 Å². The first-order chi connectivity index (χ1) is 8.16. The fourth-order valence-corrected chi connectivity index (χ4v) is 2.28. The highest BCUT2D eigenvalue weighted by molar-refractivity contribution is 7.09. The lowest BCUT2D eigenvalue weighted by Crippen LogP contribution is -2.30. The van der Waals surface area contributed by atoms with Crippen molar-refractivity contribution in [3.8, 4) is 0 Å². The Hall–Kier alpha value is -1.62. The fraction of sp³-hybridized carbons (Fsp3) is 0.333. The number of hydrogen-bond acceptors (Lipinski definition) is 3. The van der Waals surface area contributed by atoms with Gasteiger partial charge >= 0.3 is 5.97 Å². The number of nitrogens with zero attached hydrogens (tertiary/aromatic N) is 1. The van der Waals surface area contributed by atoms with Gasteiger partial charge in [-0.3, -0.25) is 4.79 Å². The number of rotatable bonds is 5. The summed E-state index contributed by atoms with van der Waals surface area (Å²) in [5.41, 5.74) is 0. The molecule has 0 atom stereocenters. The second-order valence-corrected chi connectivity index (χ2v) is 4.98. The zero-order valence-corrected chi connectivity index (χ0v) is 10.0. The third-order valence-corrected chi connectivity index (χ3v) is 3.41. The third kappa shape index (κ3) is 3.42. The van der Waals surface area contributed by atoms with E-state index in [4.69, 9.17) is 5.11 Å². The molecule has 0 aliphatic heterocycles. The van der Waals surface area contributed by atoms with Crippen LogP contribution in [0.25, 0.3) is 0 Å². The molecule has 0 aromatic carbocycles. The van der Waals surface area contributed by atoms with Gasteiger partial charge in [-0.05, 0) is 24.3 Å². The van der Waals surface area contributed by atoms with E-state index in [9.17, 15) is 9.59 Å². The van der Waals surface area contributed by atoms with E-state index in [0.29, 0.717) is 6.54 Å². The standard InChI is InChI=1S/C12H13NO3S/c14-11(5-6-12(15)16)13(9-3-4-9)8-10-2-1-7-17-10/h1-2,5-7,9H,3-4,8H2,(H,15,16)/b6-5+. The normalized spacial score (nSPS) is 15.1. The molecule has 1 saturated carbocycles. The number of carboxylic acids is 1. The minimum atomic E-state index is -1.09. The van der Waals surface area contributed by atoms with E-state index in [1.165, 1.54) is 0 Å². The van der Waals surface area contributed by atoms with Gasteiger partial charge in [0.05, 0.1) is 6.54 Å². The molecule has 1 aromatic rings. The smallest absolute Gasteiger partial charge is 0.328 e. The SMILES string of the molecule is O=C(O)/C=C/C(=O)N(Cc1cccs1)C1CC1. The van der Waals surface area contributed by atoms with Crippen LogP contribution < -0.4 is 0 Å². The zero-order valence-electron chi connectivity index (χ0n) is 9.20. The van der Waals surface area contributed by atoms with Gasteiger partial charge < -0.3 is 10.0 Å². The van der Waals surface area contributed by atoms with Crippen LogP contribution in [-0.4, -0.2) is 27.9 Å². The molecular formula is C12H13NO3S. The summed E-state index contributed by atoms with van der Waals surface area (Å²) in [5.74, 6) is -1.31. The lowest BCUT2D eigenvalue weighted by Gasteiger charge is -2.19. The van der Waals surface area contributed by atoms with Gasteiger partial charge in [0.15, 0.2) is 0 Å². The first kappa shape index (κ1) is 11.9. The Kier molecular flexibility index (Phi) is 3.58.